The average molecular weight is 376 g/mol. The number of nitriles is 1. The fraction of sp³-hybridized carbons (Fsp3) is 0. The first-order valence-corrected chi connectivity index (χ1v) is 7.05. The molecule has 0 fully saturated rings. The Morgan fingerprint density at radius 1 is 0.947 bits per heavy atom. The Hall–Kier alpha value is -0.920. The minimum absolute atomic E-state index is 0.383. The van der Waals surface area contributed by atoms with Crippen molar-refractivity contribution in [3.63, 3.8) is 0 Å². The highest BCUT2D eigenvalue weighted by atomic mass is 79.9. The highest BCUT2D eigenvalue weighted by molar-refractivity contribution is 9.10. The van der Waals surface area contributed by atoms with Gasteiger partial charge in [0, 0.05) is 4.47 Å². The van der Waals surface area contributed by atoms with Gasteiger partial charge >= 0.3 is 0 Å². The number of benzene rings is 2. The van der Waals surface area contributed by atoms with Crippen molar-refractivity contribution in [2.24, 2.45) is 0 Å². The number of rotatable bonds is 2. The van der Waals surface area contributed by atoms with Gasteiger partial charge < -0.3 is 5.32 Å². The predicted molar refractivity (Wildman–Crippen MR) is 83.6 cm³/mol. The molecule has 2 aromatic rings. The molecule has 0 radical (unpaired) electrons. The molecule has 96 valence electrons. The van der Waals surface area contributed by atoms with E-state index in [1.807, 2.05) is 6.07 Å². The third-order valence-corrected chi connectivity index (χ3v) is 3.91. The van der Waals surface area contributed by atoms with Gasteiger partial charge in [-0.3, -0.25) is 0 Å². The van der Waals surface area contributed by atoms with Gasteiger partial charge in [0.1, 0.15) is 6.07 Å². The van der Waals surface area contributed by atoms with Crippen LogP contribution in [0.2, 0.25) is 15.1 Å². The lowest BCUT2D eigenvalue weighted by atomic mass is 10.2. The van der Waals surface area contributed by atoms with E-state index < -0.39 is 0 Å². The second-order valence-corrected chi connectivity index (χ2v) is 5.81. The van der Waals surface area contributed by atoms with E-state index in [2.05, 4.69) is 27.3 Å². The number of nitrogens with zero attached hydrogens (tertiary/aromatic N) is 1. The van der Waals surface area contributed by atoms with E-state index in [1.54, 1.807) is 24.3 Å². The largest absolute Gasteiger partial charge is 0.353 e. The van der Waals surface area contributed by atoms with Crippen molar-refractivity contribution in [1.82, 2.24) is 0 Å². The first-order valence-electron chi connectivity index (χ1n) is 5.12. The lowest BCUT2D eigenvalue weighted by Gasteiger charge is -2.11. The van der Waals surface area contributed by atoms with Crippen molar-refractivity contribution in [2.45, 2.75) is 0 Å². The molecule has 1 N–H and O–H groups in total. The van der Waals surface area contributed by atoms with Crippen molar-refractivity contribution in [1.29, 1.82) is 5.26 Å². The molecule has 2 nitrogen and oxygen atoms in total. The van der Waals surface area contributed by atoms with Crippen molar-refractivity contribution < 1.29 is 0 Å². The number of halogens is 4. The van der Waals surface area contributed by atoms with Crippen LogP contribution in [0.3, 0.4) is 0 Å². The van der Waals surface area contributed by atoms with Crippen LogP contribution in [0.15, 0.2) is 34.8 Å². The monoisotopic (exact) mass is 374 g/mol. The highest BCUT2D eigenvalue weighted by Crippen LogP contribution is 2.34. The van der Waals surface area contributed by atoms with Gasteiger partial charge in [-0.2, -0.15) is 5.26 Å². The Morgan fingerprint density at radius 3 is 2.32 bits per heavy atom. The van der Waals surface area contributed by atoms with E-state index in [9.17, 15) is 0 Å². The molecule has 0 spiro atoms. The quantitative estimate of drug-likeness (QED) is 0.650. The number of nitrogens with one attached hydrogen (secondary N) is 1. The minimum atomic E-state index is 0.383. The van der Waals surface area contributed by atoms with Crippen LogP contribution in [0.25, 0.3) is 0 Å². The first-order chi connectivity index (χ1) is 9.01. The van der Waals surface area contributed by atoms with Gasteiger partial charge in [-0.1, -0.05) is 50.7 Å². The third-order valence-electron chi connectivity index (χ3n) is 2.38. The van der Waals surface area contributed by atoms with E-state index in [0.29, 0.717) is 32.0 Å². The molecule has 19 heavy (non-hydrogen) atoms. The normalized spacial score (nSPS) is 10.1. The van der Waals surface area contributed by atoms with Crippen LogP contribution in [-0.2, 0) is 0 Å². The molecule has 0 aliphatic heterocycles. The van der Waals surface area contributed by atoms with Crippen molar-refractivity contribution >= 4 is 62.1 Å². The van der Waals surface area contributed by atoms with Crippen LogP contribution < -0.4 is 5.32 Å². The van der Waals surface area contributed by atoms with Gasteiger partial charge in [-0.15, -0.1) is 0 Å². The molecule has 0 unspecified atom stereocenters. The summed E-state index contributed by atoms with van der Waals surface area (Å²) in [6, 6.07) is 10.6. The average Bonchev–Trinajstić information content (AvgIpc) is 2.37. The van der Waals surface area contributed by atoms with Crippen LogP contribution >= 0.6 is 50.7 Å². The van der Waals surface area contributed by atoms with Crippen molar-refractivity contribution in [3.05, 3.63) is 55.4 Å². The predicted octanol–water partition coefficient (Wildman–Crippen LogP) is 6.02. The van der Waals surface area contributed by atoms with Gasteiger partial charge in [0.15, 0.2) is 0 Å². The molecule has 0 aliphatic carbocycles. The van der Waals surface area contributed by atoms with E-state index in [4.69, 9.17) is 40.1 Å². The molecule has 6 heteroatoms. The summed E-state index contributed by atoms with van der Waals surface area (Å²) in [6.45, 7) is 0. The van der Waals surface area contributed by atoms with Crippen LogP contribution in [0, 0.1) is 11.3 Å². The standard InChI is InChI=1S/C13H6BrCl3N2/c14-8-1-2-12(7(3-8)6-18)19-13-5-10(16)9(15)4-11(13)17/h1-5,19H. The Morgan fingerprint density at radius 2 is 1.63 bits per heavy atom. The summed E-state index contributed by atoms with van der Waals surface area (Å²) in [6.07, 6.45) is 0. The molecule has 2 rings (SSSR count). The fourth-order valence-electron chi connectivity index (χ4n) is 1.48. The molecule has 0 bridgehead atoms. The van der Waals surface area contributed by atoms with Crippen LogP contribution in [0.4, 0.5) is 11.4 Å². The molecule has 0 saturated heterocycles. The second-order valence-electron chi connectivity index (χ2n) is 3.67. The minimum Gasteiger partial charge on any atom is -0.353 e. The summed E-state index contributed by atoms with van der Waals surface area (Å²) < 4.78 is 0.829. The SMILES string of the molecule is N#Cc1cc(Br)ccc1Nc1cc(Cl)c(Cl)cc1Cl. The zero-order chi connectivity index (χ0) is 14.0. The van der Waals surface area contributed by atoms with Gasteiger partial charge in [0.2, 0.25) is 0 Å². The molecule has 0 amide bonds. The third kappa shape index (κ3) is 3.34. The summed E-state index contributed by atoms with van der Waals surface area (Å²) in [5, 5.41) is 13.4. The highest BCUT2D eigenvalue weighted by Gasteiger charge is 2.09. The van der Waals surface area contributed by atoms with Gasteiger partial charge in [0.05, 0.1) is 32.0 Å². The molecule has 0 saturated carbocycles. The maximum atomic E-state index is 9.10. The Kier molecular flexibility index (Phi) is 4.59. The van der Waals surface area contributed by atoms with Crippen molar-refractivity contribution in [2.75, 3.05) is 5.32 Å². The molecular weight excluding hydrogens is 370 g/mol. The lowest BCUT2D eigenvalue weighted by molar-refractivity contribution is 1.45. The topological polar surface area (TPSA) is 35.8 Å². The molecular formula is C13H6BrCl3N2. The van der Waals surface area contributed by atoms with E-state index in [1.165, 1.54) is 0 Å². The molecule has 0 atom stereocenters. The van der Waals surface area contributed by atoms with Crippen LogP contribution in [-0.4, -0.2) is 0 Å². The Labute approximate surface area is 134 Å². The number of hydrogen-bond donors (Lipinski definition) is 1. The summed E-state index contributed by atoms with van der Waals surface area (Å²) in [5.74, 6) is 0. The van der Waals surface area contributed by atoms with Gasteiger partial charge in [0.25, 0.3) is 0 Å². The van der Waals surface area contributed by atoms with Crippen LogP contribution in [0.1, 0.15) is 5.56 Å². The Balaban J connectivity index is 2.42. The Bertz CT molecular complexity index is 680. The molecule has 0 aliphatic rings. The smallest absolute Gasteiger partial charge is 0.101 e. The second kappa shape index (κ2) is 6.02. The van der Waals surface area contributed by atoms with E-state index in [0.717, 1.165) is 4.47 Å². The maximum Gasteiger partial charge on any atom is 0.101 e. The maximum absolute atomic E-state index is 9.10. The van der Waals surface area contributed by atoms with Crippen LogP contribution in [0.5, 0.6) is 0 Å². The summed E-state index contributed by atoms with van der Waals surface area (Å²) in [7, 11) is 0. The molecule has 2 aromatic carbocycles. The van der Waals surface area contributed by atoms with Gasteiger partial charge in [-0.25, -0.2) is 0 Å². The number of hydrogen-bond acceptors (Lipinski definition) is 2. The van der Waals surface area contributed by atoms with Crippen molar-refractivity contribution in [3.8, 4) is 6.07 Å². The molecule has 0 heterocycles. The fourth-order valence-corrected chi connectivity index (χ4v) is 2.44. The first kappa shape index (κ1) is 14.5. The van der Waals surface area contributed by atoms with E-state index >= 15 is 0 Å². The van der Waals surface area contributed by atoms with E-state index in [-0.39, 0.29) is 0 Å². The summed E-state index contributed by atoms with van der Waals surface area (Å²) in [4.78, 5) is 0. The zero-order valence-electron chi connectivity index (χ0n) is 9.35. The lowest BCUT2D eigenvalue weighted by Crippen LogP contribution is -1.94. The summed E-state index contributed by atoms with van der Waals surface area (Å²) in [5.41, 5.74) is 1.73. The zero-order valence-corrected chi connectivity index (χ0v) is 13.2. The molecule has 0 aromatic heterocycles. The van der Waals surface area contributed by atoms with Gasteiger partial charge in [-0.05, 0) is 30.3 Å². The number of anilines is 2. The summed E-state index contributed by atoms with van der Waals surface area (Å²) >= 11 is 21.2.